The number of esters is 4. The zero-order valence-corrected chi connectivity index (χ0v) is 25.5. The molecular weight excluding hydrogens is 540 g/mol. The van der Waals surface area contributed by atoms with E-state index in [-0.39, 0.29) is 0 Å². The van der Waals surface area contributed by atoms with E-state index in [4.69, 9.17) is 23.7 Å². The Morgan fingerprint density at radius 2 is 1.41 bits per heavy atom. The standard InChI is InChI=1S/C29H46O12/c1-10-14(3)24(34)37-13-28-22(39-17(6)31)18(32)12-27(9,36)29(28)21(33)19(26(7,8)41-29)20(38-16(5)30)23(28)40-25(35)15(4)11-2/h14-15,18-23,32-33,36H,10-13H2,1-9H3/t14?,15?,18-,19+,20-,21+,22-,23+,27-,28-,29-/m0/s1. The fourth-order valence-corrected chi connectivity index (χ4v) is 7.17. The van der Waals surface area contributed by atoms with Gasteiger partial charge >= 0.3 is 23.9 Å². The van der Waals surface area contributed by atoms with Crippen LogP contribution in [0.3, 0.4) is 0 Å². The van der Waals surface area contributed by atoms with Crippen molar-refractivity contribution >= 4 is 23.9 Å². The molecule has 1 saturated heterocycles. The Labute approximate surface area is 241 Å². The fourth-order valence-electron chi connectivity index (χ4n) is 7.17. The number of carbonyl (C=O) groups is 4. The highest BCUT2D eigenvalue weighted by Crippen LogP contribution is 2.68. The lowest BCUT2D eigenvalue weighted by molar-refractivity contribution is -0.364. The van der Waals surface area contributed by atoms with Gasteiger partial charge in [-0.1, -0.05) is 27.7 Å². The maximum absolute atomic E-state index is 13.4. The number of carbonyl (C=O) groups excluding carboxylic acids is 4. The van der Waals surface area contributed by atoms with E-state index in [1.54, 1.807) is 41.5 Å². The van der Waals surface area contributed by atoms with Crippen molar-refractivity contribution in [1.82, 2.24) is 0 Å². The number of aliphatic hydroxyl groups is 3. The lowest BCUT2D eigenvalue weighted by Crippen LogP contribution is -2.85. The Morgan fingerprint density at radius 1 is 0.878 bits per heavy atom. The van der Waals surface area contributed by atoms with Gasteiger partial charge in [0.05, 0.1) is 41.2 Å². The minimum atomic E-state index is -2.13. The van der Waals surface area contributed by atoms with Crippen molar-refractivity contribution in [2.75, 3.05) is 6.61 Å². The van der Waals surface area contributed by atoms with E-state index in [0.717, 1.165) is 13.8 Å². The topological polar surface area (TPSA) is 175 Å². The lowest BCUT2D eigenvalue weighted by Gasteiger charge is -2.66. The predicted octanol–water partition coefficient (Wildman–Crippen LogP) is 1.44. The monoisotopic (exact) mass is 586 g/mol. The van der Waals surface area contributed by atoms with E-state index in [9.17, 15) is 34.5 Å². The molecule has 3 aliphatic rings. The first-order valence-electron chi connectivity index (χ1n) is 14.3. The molecule has 0 aromatic heterocycles. The first-order chi connectivity index (χ1) is 18.8. The van der Waals surface area contributed by atoms with Gasteiger partial charge in [-0.15, -0.1) is 0 Å². The molecule has 2 aliphatic carbocycles. The van der Waals surface area contributed by atoms with Crippen LogP contribution in [0.2, 0.25) is 0 Å². The number of fused-ring (bicyclic) bond motifs is 1. The largest absolute Gasteiger partial charge is 0.464 e. The second-order valence-corrected chi connectivity index (χ2v) is 12.7. The lowest BCUT2D eigenvalue weighted by atomic mass is 9.45. The second kappa shape index (κ2) is 11.4. The summed E-state index contributed by atoms with van der Waals surface area (Å²) in [5.74, 6) is -5.17. The summed E-state index contributed by atoms with van der Waals surface area (Å²) >= 11 is 0. The van der Waals surface area contributed by atoms with Crippen LogP contribution in [0.5, 0.6) is 0 Å². The van der Waals surface area contributed by atoms with Crippen LogP contribution in [-0.2, 0) is 42.9 Å². The molecule has 41 heavy (non-hydrogen) atoms. The molecule has 3 fully saturated rings. The second-order valence-electron chi connectivity index (χ2n) is 12.7. The highest BCUT2D eigenvalue weighted by Gasteiger charge is 2.87. The molecule has 2 unspecified atom stereocenters. The molecule has 0 radical (unpaired) electrons. The Hall–Kier alpha value is -2.28. The molecule has 3 N–H and O–H groups in total. The molecular formula is C29H46O12. The average Bonchev–Trinajstić information content (AvgIpc) is 3.05. The summed E-state index contributed by atoms with van der Waals surface area (Å²) in [4.78, 5) is 51.4. The molecule has 3 rings (SSSR count). The van der Waals surface area contributed by atoms with Crippen molar-refractivity contribution in [3.63, 3.8) is 0 Å². The van der Waals surface area contributed by atoms with Gasteiger partial charge in [0, 0.05) is 20.3 Å². The summed E-state index contributed by atoms with van der Waals surface area (Å²) in [5, 5.41) is 35.6. The van der Waals surface area contributed by atoms with E-state index >= 15 is 0 Å². The molecule has 1 aliphatic heterocycles. The fraction of sp³-hybridized carbons (Fsp3) is 0.862. The summed E-state index contributed by atoms with van der Waals surface area (Å²) < 4.78 is 29.9. The van der Waals surface area contributed by atoms with Crippen LogP contribution >= 0.6 is 0 Å². The average molecular weight is 587 g/mol. The third kappa shape index (κ3) is 5.14. The Morgan fingerprint density at radius 3 is 1.93 bits per heavy atom. The van der Waals surface area contributed by atoms with Gasteiger partial charge in [0.15, 0.2) is 6.10 Å². The van der Waals surface area contributed by atoms with Crippen LogP contribution in [0.25, 0.3) is 0 Å². The molecule has 0 amide bonds. The number of ether oxygens (including phenoxy) is 5. The van der Waals surface area contributed by atoms with Gasteiger partial charge in [-0.25, -0.2) is 0 Å². The third-order valence-electron chi connectivity index (χ3n) is 9.42. The van der Waals surface area contributed by atoms with Crippen molar-refractivity contribution in [3.8, 4) is 0 Å². The first kappa shape index (κ1) is 33.2. The highest BCUT2D eigenvalue weighted by atomic mass is 16.6. The van der Waals surface area contributed by atoms with Crippen molar-refractivity contribution < 1.29 is 58.2 Å². The van der Waals surface area contributed by atoms with E-state index in [0.29, 0.717) is 12.8 Å². The van der Waals surface area contributed by atoms with Crippen molar-refractivity contribution in [2.24, 2.45) is 23.2 Å². The third-order valence-corrected chi connectivity index (χ3v) is 9.42. The first-order valence-corrected chi connectivity index (χ1v) is 14.3. The van der Waals surface area contributed by atoms with Crippen LogP contribution in [0.15, 0.2) is 0 Å². The molecule has 1 spiro atoms. The molecule has 0 aromatic rings. The molecule has 11 atom stereocenters. The normalized spacial score (nSPS) is 40.5. The molecule has 2 saturated carbocycles. The maximum Gasteiger partial charge on any atom is 0.309 e. The van der Waals surface area contributed by atoms with E-state index in [1.165, 1.54) is 6.92 Å². The van der Waals surface area contributed by atoms with Crippen LogP contribution < -0.4 is 0 Å². The van der Waals surface area contributed by atoms with Crippen LogP contribution in [0, 0.1) is 23.2 Å². The SMILES string of the molecule is CCC(C)C(=O)OC[C@]12[C@H](OC(=O)C(C)CC)[C@@H](OC(C)=O)[C@@H]3[C@@H](O)[C@]1(OC3(C)C)[C@@](C)(O)C[C@H](O)[C@@H]2OC(C)=O. The smallest absolute Gasteiger partial charge is 0.309 e. The van der Waals surface area contributed by atoms with Gasteiger partial charge in [-0.05, 0) is 33.6 Å². The Kier molecular flexibility index (Phi) is 9.26. The van der Waals surface area contributed by atoms with E-state index in [2.05, 4.69) is 0 Å². The molecule has 234 valence electrons. The zero-order chi connectivity index (χ0) is 31.3. The van der Waals surface area contributed by atoms with E-state index in [1.807, 2.05) is 0 Å². The van der Waals surface area contributed by atoms with Gasteiger partial charge in [0.25, 0.3) is 0 Å². The van der Waals surface area contributed by atoms with E-state index < -0.39 is 107 Å². The number of aliphatic hydroxyl groups excluding tert-OH is 2. The number of hydrogen-bond acceptors (Lipinski definition) is 12. The summed E-state index contributed by atoms with van der Waals surface area (Å²) in [7, 11) is 0. The van der Waals surface area contributed by atoms with Crippen molar-refractivity contribution in [1.29, 1.82) is 0 Å². The summed E-state index contributed by atoms with van der Waals surface area (Å²) in [6.07, 6.45) is -7.38. The highest BCUT2D eigenvalue weighted by molar-refractivity contribution is 5.73. The quantitative estimate of drug-likeness (QED) is 0.262. The summed E-state index contributed by atoms with van der Waals surface area (Å²) in [5.41, 5.74) is -7.61. The minimum absolute atomic E-state index is 0.396. The Bertz CT molecular complexity index is 1040. The molecule has 1 heterocycles. The summed E-state index contributed by atoms with van der Waals surface area (Å²) in [6.45, 7) is 13.0. The van der Waals surface area contributed by atoms with Crippen molar-refractivity contribution in [2.45, 2.75) is 129 Å². The predicted molar refractivity (Wildman–Crippen MR) is 142 cm³/mol. The van der Waals surface area contributed by atoms with Gasteiger partial charge in [0.2, 0.25) is 0 Å². The molecule has 2 bridgehead atoms. The molecule has 12 nitrogen and oxygen atoms in total. The van der Waals surface area contributed by atoms with Crippen molar-refractivity contribution in [3.05, 3.63) is 0 Å². The van der Waals surface area contributed by atoms with Gasteiger partial charge in [-0.2, -0.15) is 0 Å². The Balaban J connectivity index is 2.44. The van der Waals surface area contributed by atoms with Crippen LogP contribution in [0.4, 0.5) is 0 Å². The number of hydrogen-bond donors (Lipinski definition) is 3. The van der Waals surface area contributed by atoms with Gasteiger partial charge in [0.1, 0.15) is 29.8 Å². The van der Waals surface area contributed by atoms with Crippen LogP contribution in [0.1, 0.15) is 81.6 Å². The molecule has 0 aromatic carbocycles. The number of rotatable bonds is 9. The van der Waals surface area contributed by atoms with Gasteiger partial charge in [-0.3, -0.25) is 19.2 Å². The zero-order valence-electron chi connectivity index (χ0n) is 25.5. The molecule has 12 heteroatoms. The minimum Gasteiger partial charge on any atom is -0.464 e. The maximum atomic E-state index is 13.4. The summed E-state index contributed by atoms with van der Waals surface area (Å²) in [6, 6.07) is 0. The van der Waals surface area contributed by atoms with Gasteiger partial charge < -0.3 is 39.0 Å². The van der Waals surface area contributed by atoms with Crippen LogP contribution in [-0.4, -0.2) is 93.1 Å².